The quantitative estimate of drug-likeness (QED) is 0.552. The highest BCUT2D eigenvalue weighted by Gasteiger charge is 2.14. The number of amides is 1. The van der Waals surface area contributed by atoms with Gasteiger partial charge in [0, 0.05) is 18.5 Å². The fraction of sp³-hybridized carbons (Fsp3) is 0.190. The SMILES string of the molecule is Cc1oc(-c2ccccc2)nc1CC(=O)NCCc1nc2ccccc2[nH]1. The molecule has 2 aromatic carbocycles. The molecule has 27 heavy (non-hydrogen) atoms. The third-order valence-corrected chi connectivity index (χ3v) is 4.36. The summed E-state index contributed by atoms with van der Waals surface area (Å²) < 4.78 is 5.70. The van der Waals surface area contributed by atoms with Gasteiger partial charge in [-0.2, -0.15) is 0 Å². The van der Waals surface area contributed by atoms with Crippen molar-refractivity contribution in [3.05, 3.63) is 71.9 Å². The molecule has 2 N–H and O–H groups in total. The summed E-state index contributed by atoms with van der Waals surface area (Å²) in [5.41, 5.74) is 3.50. The van der Waals surface area contributed by atoms with Crippen molar-refractivity contribution >= 4 is 16.9 Å². The summed E-state index contributed by atoms with van der Waals surface area (Å²) in [6.45, 7) is 2.34. The Morgan fingerprint density at radius 2 is 1.85 bits per heavy atom. The van der Waals surface area contributed by atoms with Crippen LogP contribution in [0.2, 0.25) is 0 Å². The molecule has 4 rings (SSSR count). The molecule has 0 fully saturated rings. The second-order valence-corrected chi connectivity index (χ2v) is 6.37. The zero-order chi connectivity index (χ0) is 18.6. The lowest BCUT2D eigenvalue weighted by Crippen LogP contribution is -2.27. The molecule has 6 heteroatoms. The number of hydrogen-bond acceptors (Lipinski definition) is 4. The van der Waals surface area contributed by atoms with E-state index in [9.17, 15) is 4.79 Å². The Morgan fingerprint density at radius 1 is 1.07 bits per heavy atom. The van der Waals surface area contributed by atoms with Crippen molar-refractivity contribution in [2.24, 2.45) is 0 Å². The van der Waals surface area contributed by atoms with Crippen LogP contribution in [-0.4, -0.2) is 27.4 Å². The number of aromatic nitrogens is 3. The van der Waals surface area contributed by atoms with Crippen LogP contribution in [0.4, 0.5) is 0 Å². The van der Waals surface area contributed by atoms with Crippen LogP contribution >= 0.6 is 0 Å². The van der Waals surface area contributed by atoms with Crippen LogP contribution in [0.25, 0.3) is 22.5 Å². The number of carbonyl (C=O) groups excluding carboxylic acids is 1. The van der Waals surface area contributed by atoms with Gasteiger partial charge in [0.15, 0.2) is 0 Å². The van der Waals surface area contributed by atoms with Gasteiger partial charge in [-0.1, -0.05) is 30.3 Å². The maximum absolute atomic E-state index is 12.2. The lowest BCUT2D eigenvalue weighted by molar-refractivity contribution is -0.120. The molecular weight excluding hydrogens is 340 g/mol. The molecule has 4 aromatic rings. The molecule has 2 aromatic heterocycles. The Labute approximate surface area is 156 Å². The fourth-order valence-corrected chi connectivity index (χ4v) is 2.96. The summed E-state index contributed by atoms with van der Waals surface area (Å²) in [7, 11) is 0. The highest BCUT2D eigenvalue weighted by atomic mass is 16.4. The molecule has 0 aliphatic rings. The van der Waals surface area contributed by atoms with Gasteiger partial charge in [0.1, 0.15) is 11.6 Å². The van der Waals surface area contributed by atoms with E-state index in [1.165, 1.54) is 0 Å². The Hall–Kier alpha value is -3.41. The van der Waals surface area contributed by atoms with Gasteiger partial charge in [-0.3, -0.25) is 4.79 Å². The Kier molecular flexibility index (Phi) is 4.70. The molecule has 0 bridgehead atoms. The number of nitrogens with zero attached hydrogens (tertiary/aromatic N) is 2. The molecule has 0 radical (unpaired) electrons. The maximum atomic E-state index is 12.2. The third-order valence-electron chi connectivity index (χ3n) is 4.36. The number of fused-ring (bicyclic) bond motifs is 1. The van der Waals surface area contributed by atoms with Crippen molar-refractivity contribution in [1.82, 2.24) is 20.3 Å². The summed E-state index contributed by atoms with van der Waals surface area (Å²) in [6, 6.07) is 17.5. The fourth-order valence-electron chi connectivity index (χ4n) is 2.96. The number of oxazole rings is 1. The molecule has 0 aliphatic heterocycles. The van der Waals surface area contributed by atoms with Crippen LogP contribution in [0.15, 0.2) is 59.0 Å². The van der Waals surface area contributed by atoms with Crippen LogP contribution < -0.4 is 5.32 Å². The number of aryl methyl sites for hydroxylation is 1. The normalized spacial score (nSPS) is 11.0. The molecular formula is C21H20N4O2. The van der Waals surface area contributed by atoms with E-state index in [1.807, 2.05) is 61.5 Å². The highest BCUT2D eigenvalue weighted by Crippen LogP contribution is 2.21. The van der Waals surface area contributed by atoms with Gasteiger partial charge in [0.05, 0.1) is 23.1 Å². The monoisotopic (exact) mass is 360 g/mol. The first-order valence-electron chi connectivity index (χ1n) is 8.91. The van der Waals surface area contributed by atoms with Gasteiger partial charge < -0.3 is 14.7 Å². The number of imidazole rings is 1. The lowest BCUT2D eigenvalue weighted by atomic mass is 10.2. The molecule has 0 saturated carbocycles. The Morgan fingerprint density at radius 3 is 2.67 bits per heavy atom. The Bertz CT molecular complexity index is 1030. The molecule has 0 spiro atoms. The molecule has 0 unspecified atom stereocenters. The van der Waals surface area contributed by atoms with E-state index >= 15 is 0 Å². The third kappa shape index (κ3) is 3.89. The maximum Gasteiger partial charge on any atom is 0.226 e. The van der Waals surface area contributed by atoms with E-state index in [0.29, 0.717) is 30.3 Å². The predicted octanol–water partition coefficient (Wildman–Crippen LogP) is 3.43. The number of hydrogen-bond donors (Lipinski definition) is 2. The minimum Gasteiger partial charge on any atom is -0.441 e. The average Bonchev–Trinajstić information content (AvgIpc) is 3.26. The largest absolute Gasteiger partial charge is 0.441 e. The topological polar surface area (TPSA) is 83.8 Å². The first kappa shape index (κ1) is 17.0. The van der Waals surface area contributed by atoms with E-state index in [1.54, 1.807) is 0 Å². The van der Waals surface area contributed by atoms with Crippen LogP contribution in [0.3, 0.4) is 0 Å². The van der Waals surface area contributed by atoms with Gasteiger partial charge in [-0.15, -0.1) is 0 Å². The van der Waals surface area contributed by atoms with E-state index in [-0.39, 0.29) is 12.3 Å². The number of rotatable bonds is 6. The van der Waals surface area contributed by atoms with Gasteiger partial charge in [-0.25, -0.2) is 9.97 Å². The number of H-pyrrole nitrogens is 1. The Balaban J connectivity index is 1.33. The van der Waals surface area contributed by atoms with Gasteiger partial charge in [-0.05, 0) is 31.2 Å². The van der Waals surface area contributed by atoms with Crippen molar-refractivity contribution in [3.8, 4) is 11.5 Å². The summed E-state index contributed by atoms with van der Waals surface area (Å²) in [5.74, 6) is 1.99. The summed E-state index contributed by atoms with van der Waals surface area (Å²) >= 11 is 0. The van der Waals surface area contributed by atoms with Crippen molar-refractivity contribution in [2.75, 3.05) is 6.54 Å². The number of para-hydroxylation sites is 2. The zero-order valence-corrected chi connectivity index (χ0v) is 15.0. The number of nitrogens with one attached hydrogen (secondary N) is 2. The minimum atomic E-state index is -0.0814. The predicted molar refractivity (Wildman–Crippen MR) is 103 cm³/mol. The first-order chi connectivity index (χ1) is 13.2. The lowest BCUT2D eigenvalue weighted by Gasteiger charge is -2.02. The molecule has 1 amide bonds. The van der Waals surface area contributed by atoms with Gasteiger partial charge in [0.2, 0.25) is 11.8 Å². The van der Waals surface area contributed by atoms with Crippen LogP contribution in [0, 0.1) is 6.92 Å². The second-order valence-electron chi connectivity index (χ2n) is 6.37. The minimum absolute atomic E-state index is 0.0814. The molecule has 136 valence electrons. The first-order valence-corrected chi connectivity index (χ1v) is 8.91. The van der Waals surface area contributed by atoms with E-state index in [0.717, 1.165) is 22.4 Å². The molecule has 6 nitrogen and oxygen atoms in total. The molecule has 0 aliphatic carbocycles. The number of benzene rings is 2. The second kappa shape index (κ2) is 7.45. The van der Waals surface area contributed by atoms with E-state index in [4.69, 9.17) is 4.42 Å². The van der Waals surface area contributed by atoms with Crippen LogP contribution in [0.1, 0.15) is 17.3 Å². The highest BCUT2D eigenvalue weighted by molar-refractivity contribution is 5.78. The van der Waals surface area contributed by atoms with E-state index < -0.39 is 0 Å². The number of carbonyl (C=O) groups is 1. The van der Waals surface area contributed by atoms with Crippen LogP contribution in [-0.2, 0) is 17.6 Å². The van der Waals surface area contributed by atoms with Crippen molar-refractivity contribution in [2.45, 2.75) is 19.8 Å². The summed E-state index contributed by atoms with van der Waals surface area (Å²) in [4.78, 5) is 24.5. The van der Waals surface area contributed by atoms with Gasteiger partial charge in [0.25, 0.3) is 0 Å². The van der Waals surface area contributed by atoms with Crippen molar-refractivity contribution in [3.63, 3.8) is 0 Å². The summed E-state index contributed by atoms with van der Waals surface area (Å²) in [6.07, 6.45) is 0.843. The van der Waals surface area contributed by atoms with E-state index in [2.05, 4.69) is 20.3 Å². The zero-order valence-electron chi connectivity index (χ0n) is 15.0. The molecule has 0 atom stereocenters. The van der Waals surface area contributed by atoms with Gasteiger partial charge >= 0.3 is 0 Å². The van der Waals surface area contributed by atoms with Crippen molar-refractivity contribution < 1.29 is 9.21 Å². The number of aromatic amines is 1. The standard InChI is InChI=1S/C21H20N4O2/c1-14-18(25-21(27-14)15-7-3-2-4-8-15)13-20(26)22-12-11-19-23-16-9-5-6-10-17(16)24-19/h2-10H,11-13H2,1H3,(H,22,26)(H,23,24). The average molecular weight is 360 g/mol. The summed E-state index contributed by atoms with van der Waals surface area (Å²) in [5, 5.41) is 2.92. The van der Waals surface area contributed by atoms with Crippen LogP contribution in [0.5, 0.6) is 0 Å². The smallest absolute Gasteiger partial charge is 0.226 e. The van der Waals surface area contributed by atoms with Crippen molar-refractivity contribution in [1.29, 1.82) is 0 Å². The molecule has 2 heterocycles. The molecule has 0 saturated heterocycles.